The van der Waals surface area contributed by atoms with Crippen LogP contribution < -0.4 is 14.2 Å². The first kappa shape index (κ1) is 24.3. The largest absolute Gasteiger partial charge is 0.496 e. The standard InChI is InChI=1S/C22H17Cl2N3O5S/c1-4-7-32-19-15(24)8-12(9-17(19)31-3)10-18(21(28)29)33-22-25-20(26-27-22)14-11-13(23)5-6-16(14)30-2/h1,5-6,8-11H,7H2,2-3H3,(H,28,29)(H,25,26,27)/b18-10-. The molecule has 1 aromatic heterocycles. The minimum absolute atomic E-state index is 0.00602. The Labute approximate surface area is 203 Å². The van der Waals surface area contributed by atoms with Crippen molar-refractivity contribution in [1.82, 2.24) is 15.2 Å². The van der Waals surface area contributed by atoms with E-state index in [9.17, 15) is 9.90 Å². The van der Waals surface area contributed by atoms with Gasteiger partial charge in [-0.25, -0.2) is 9.78 Å². The summed E-state index contributed by atoms with van der Waals surface area (Å²) in [5, 5.41) is 17.5. The SMILES string of the molecule is C#CCOc1c(Cl)cc(/C=C(\Sc2n[nH]c(-c3cc(Cl)ccc3OC)n2)C(=O)O)cc1OC. The summed E-state index contributed by atoms with van der Waals surface area (Å²) in [7, 11) is 2.96. The average Bonchev–Trinajstić information content (AvgIpc) is 3.26. The third kappa shape index (κ3) is 5.93. The van der Waals surface area contributed by atoms with E-state index in [1.807, 2.05) is 0 Å². The first-order valence-electron chi connectivity index (χ1n) is 9.19. The zero-order valence-electron chi connectivity index (χ0n) is 17.4. The van der Waals surface area contributed by atoms with Gasteiger partial charge in [0, 0.05) is 5.02 Å². The van der Waals surface area contributed by atoms with Crippen molar-refractivity contribution in [2.24, 2.45) is 0 Å². The lowest BCUT2D eigenvalue weighted by atomic mass is 10.2. The number of nitrogens with zero attached hydrogens (tertiary/aromatic N) is 2. The summed E-state index contributed by atoms with van der Waals surface area (Å²) in [6.45, 7) is 0.00602. The smallest absolute Gasteiger partial charge is 0.342 e. The number of carboxylic acids is 1. The number of benzene rings is 2. The molecule has 0 radical (unpaired) electrons. The van der Waals surface area contributed by atoms with Gasteiger partial charge in [-0.3, -0.25) is 5.10 Å². The summed E-state index contributed by atoms with van der Waals surface area (Å²) in [6, 6.07) is 8.18. The van der Waals surface area contributed by atoms with Crippen molar-refractivity contribution >= 4 is 47.0 Å². The summed E-state index contributed by atoms with van der Waals surface area (Å²) < 4.78 is 16.0. The summed E-state index contributed by atoms with van der Waals surface area (Å²) in [6.07, 6.45) is 6.64. The molecule has 3 aromatic rings. The molecule has 0 spiro atoms. The number of hydrogen-bond donors (Lipinski definition) is 2. The first-order chi connectivity index (χ1) is 15.9. The van der Waals surface area contributed by atoms with Gasteiger partial charge < -0.3 is 19.3 Å². The van der Waals surface area contributed by atoms with E-state index in [0.717, 1.165) is 11.8 Å². The molecule has 0 saturated heterocycles. The van der Waals surface area contributed by atoms with Gasteiger partial charge in [0.2, 0.25) is 5.16 Å². The van der Waals surface area contributed by atoms with E-state index in [2.05, 4.69) is 21.1 Å². The lowest BCUT2D eigenvalue weighted by Crippen LogP contribution is -1.99. The molecule has 33 heavy (non-hydrogen) atoms. The molecule has 8 nitrogen and oxygen atoms in total. The van der Waals surface area contributed by atoms with Crippen molar-refractivity contribution in [3.63, 3.8) is 0 Å². The highest BCUT2D eigenvalue weighted by Gasteiger charge is 2.18. The van der Waals surface area contributed by atoms with Gasteiger partial charge in [-0.05, 0) is 53.7 Å². The molecule has 0 aliphatic heterocycles. The number of terminal acetylenes is 1. The van der Waals surface area contributed by atoms with Crippen LogP contribution in [0.25, 0.3) is 17.5 Å². The molecule has 2 aromatic carbocycles. The Morgan fingerprint density at radius 2 is 2.00 bits per heavy atom. The maximum atomic E-state index is 11.9. The summed E-state index contributed by atoms with van der Waals surface area (Å²) in [5.74, 6) is 2.67. The number of aromatic amines is 1. The molecule has 2 N–H and O–H groups in total. The molecule has 0 fully saturated rings. The number of aromatic nitrogens is 3. The fourth-order valence-electron chi connectivity index (χ4n) is 2.74. The van der Waals surface area contributed by atoms with Crippen LogP contribution in [0.1, 0.15) is 5.56 Å². The van der Waals surface area contributed by atoms with Gasteiger partial charge in [0.25, 0.3) is 0 Å². The predicted octanol–water partition coefficient (Wildman–Crippen LogP) is 5.03. The Morgan fingerprint density at radius 3 is 2.67 bits per heavy atom. The zero-order chi connectivity index (χ0) is 24.0. The van der Waals surface area contributed by atoms with Gasteiger partial charge >= 0.3 is 5.97 Å². The normalized spacial score (nSPS) is 11.1. The second-order valence-electron chi connectivity index (χ2n) is 6.25. The van der Waals surface area contributed by atoms with Gasteiger partial charge in [0.05, 0.1) is 24.8 Å². The molecule has 11 heteroatoms. The Bertz CT molecular complexity index is 1250. The fraction of sp³-hybridized carbons (Fsp3) is 0.136. The number of nitrogens with one attached hydrogen (secondary N) is 1. The summed E-state index contributed by atoms with van der Waals surface area (Å²) >= 11 is 13.2. The van der Waals surface area contributed by atoms with Crippen LogP contribution in [0.2, 0.25) is 10.0 Å². The van der Waals surface area contributed by atoms with E-state index in [-0.39, 0.29) is 27.4 Å². The van der Waals surface area contributed by atoms with E-state index >= 15 is 0 Å². The second kappa shape index (κ2) is 11.0. The number of H-pyrrole nitrogens is 1. The minimum atomic E-state index is -1.17. The van der Waals surface area contributed by atoms with Crippen LogP contribution in [0.3, 0.4) is 0 Å². The van der Waals surface area contributed by atoms with Crippen LogP contribution in [0.5, 0.6) is 17.2 Å². The maximum Gasteiger partial charge on any atom is 0.342 e. The van der Waals surface area contributed by atoms with Gasteiger partial charge in [-0.1, -0.05) is 29.1 Å². The van der Waals surface area contributed by atoms with Crippen molar-refractivity contribution < 1.29 is 24.1 Å². The topological polar surface area (TPSA) is 107 Å². The van der Waals surface area contributed by atoms with E-state index in [0.29, 0.717) is 33.5 Å². The fourth-order valence-corrected chi connectivity index (χ4v) is 3.89. The van der Waals surface area contributed by atoms with Crippen molar-refractivity contribution in [1.29, 1.82) is 0 Å². The molecule has 170 valence electrons. The van der Waals surface area contributed by atoms with Gasteiger partial charge in [-0.15, -0.1) is 11.5 Å². The monoisotopic (exact) mass is 505 g/mol. The minimum Gasteiger partial charge on any atom is -0.496 e. The van der Waals surface area contributed by atoms with Crippen LogP contribution in [-0.2, 0) is 4.79 Å². The molecule has 0 aliphatic carbocycles. The molecule has 0 aliphatic rings. The highest BCUT2D eigenvalue weighted by molar-refractivity contribution is 8.04. The Hall–Kier alpha value is -3.32. The summed E-state index contributed by atoms with van der Waals surface area (Å²) in [5.41, 5.74) is 1.06. The number of methoxy groups -OCH3 is 2. The number of carbonyl (C=O) groups is 1. The third-order valence-electron chi connectivity index (χ3n) is 4.14. The molecule has 0 bridgehead atoms. The number of carboxylic acid groups (broad SMARTS) is 1. The molecule has 0 atom stereocenters. The Balaban J connectivity index is 1.91. The highest BCUT2D eigenvalue weighted by atomic mass is 35.5. The van der Waals surface area contributed by atoms with Gasteiger partial charge in [0.1, 0.15) is 17.3 Å². The van der Waals surface area contributed by atoms with E-state index in [1.54, 1.807) is 30.3 Å². The van der Waals surface area contributed by atoms with Gasteiger partial charge in [-0.2, -0.15) is 0 Å². The quantitative estimate of drug-likeness (QED) is 0.237. The van der Waals surface area contributed by atoms with Crippen LogP contribution in [0, 0.1) is 12.3 Å². The molecule has 3 rings (SSSR count). The predicted molar refractivity (Wildman–Crippen MR) is 127 cm³/mol. The van der Waals surface area contributed by atoms with E-state index in [1.165, 1.54) is 20.3 Å². The van der Waals surface area contributed by atoms with Crippen molar-refractivity contribution in [2.75, 3.05) is 20.8 Å². The van der Waals surface area contributed by atoms with Crippen molar-refractivity contribution in [3.8, 4) is 41.0 Å². The van der Waals surface area contributed by atoms with E-state index in [4.69, 9.17) is 43.8 Å². The number of hydrogen-bond acceptors (Lipinski definition) is 7. The number of aliphatic carboxylic acids is 1. The first-order valence-corrected chi connectivity index (χ1v) is 10.8. The Kier molecular flexibility index (Phi) is 8.11. The number of ether oxygens (including phenoxy) is 3. The van der Waals surface area contributed by atoms with Gasteiger partial charge in [0.15, 0.2) is 17.3 Å². The van der Waals surface area contributed by atoms with Crippen molar-refractivity contribution in [3.05, 3.63) is 50.8 Å². The average molecular weight is 506 g/mol. The molecular formula is C22H17Cl2N3O5S. The third-order valence-corrected chi connectivity index (χ3v) is 5.54. The lowest BCUT2D eigenvalue weighted by molar-refractivity contribution is -0.131. The molecule has 0 amide bonds. The molecular weight excluding hydrogens is 489 g/mol. The van der Waals surface area contributed by atoms with Crippen LogP contribution in [-0.4, -0.2) is 47.1 Å². The van der Waals surface area contributed by atoms with E-state index < -0.39 is 5.97 Å². The summed E-state index contributed by atoms with van der Waals surface area (Å²) in [4.78, 5) is 16.2. The number of rotatable bonds is 9. The Morgan fingerprint density at radius 1 is 1.24 bits per heavy atom. The van der Waals surface area contributed by atoms with Crippen LogP contribution >= 0.6 is 35.0 Å². The number of thioether (sulfide) groups is 1. The maximum absolute atomic E-state index is 11.9. The lowest BCUT2D eigenvalue weighted by Gasteiger charge is -2.12. The highest BCUT2D eigenvalue weighted by Crippen LogP contribution is 2.38. The zero-order valence-corrected chi connectivity index (χ0v) is 19.7. The van der Waals surface area contributed by atoms with Crippen molar-refractivity contribution in [2.45, 2.75) is 5.16 Å². The van der Waals surface area contributed by atoms with Crippen LogP contribution in [0.15, 0.2) is 40.4 Å². The molecule has 0 saturated carbocycles. The van der Waals surface area contributed by atoms with Crippen LogP contribution in [0.4, 0.5) is 0 Å². The second-order valence-corrected chi connectivity index (χ2v) is 8.11. The molecule has 0 unspecified atom stereocenters. The molecule has 1 heterocycles. The number of halogens is 2.